The van der Waals surface area contributed by atoms with Gasteiger partial charge in [-0.05, 0) is 33.1 Å². The summed E-state index contributed by atoms with van der Waals surface area (Å²) in [7, 11) is 0. The van der Waals surface area contributed by atoms with Gasteiger partial charge in [0, 0.05) is 5.92 Å². The lowest BCUT2D eigenvalue weighted by Gasteiger charge is -2.26. The molecule has 0 amide bonds. The van der Waals surface area contributed by atoms with Crippen LogP contribution in [0.15, 0.2) is 10.2 Å². The zero-order chi connectivity index (χ0) is 8.82. The smallest absolute Gasteiger partial charge is 0.195 e. The molecule has 1 fully saturated rings. The normalized spacial score (nSPS) is 30.6. The molecule has 1 heterocycles. The Morgan fingerprint density at radius 3 is 2.67 bits per heavy atom. The molecule has 1 unspecified atom stereocenters. The molecule has 0 bridgehead atoms. The van der Waals surface area contributed by atoms with Crippen LogP contribution in [0.5, 0.6) is 0 Å². The van der Waals surface area contributed by atoms with E-state index in [4.69, 9.17) is 5.26 Å². The number of hydrogen-bond acceptors (Lipinski definition) is 3. The summed E-state index contributed by atoms with van der Waals surface area (Å²) in [5.41, 5.74) is -0.390. The van der Waals surface area contributed by atoms with Crippen LogP contribution in [0, 0.1) is 22.7 Å². The zero-order valence-corrected chi connectivity index (χ0v) is 7.54. The Balaban J connectivity index is 2.20. The summed E-state index contributed by atoms with van der Waals surface area (Å²) in [5, 5.41) is 17.2. The average Bonchev–Trinajstić information content (AvgIpc) is 2.62. The Hall–Kier alpha value is -0.910. The van der Waals surface area contributed by atoms with Crippen molar-refractivity contribution in [3.05, 3.63) is 0 Å². The molecule has 2 rings (SSSR count). The minimum absolute atomic E-state index is 0.126. The van der Waals surface area contributed by atoms with Gasteiger partial charge >= 0.3 is 0 Å². The fraction of sp³-hybridized carbons (Fsp3) is 0.889. The Bertz CT molecular complexity index is 266. The van der Waals surface area contributed by atoms with E-state index in [9.17, 15) is 0 Å². The molecule has 3 nitrogen and oxygen atoms in total. The maximum Gasteiger partial charge on any atom is 0.195 e. The summed E-state index contributed by atoms with van der Waals surface area (Å²) in [4.78, 5) is 0. The van der Waals surface area contributed by atoms with E-state index in [2.05, 4.69) is 16.3 Å². The molecule has 0 radical (unpaired) electrons. The molecule has 3 heteroatoms. The van der Waals surface area contributed by atoms with Crippen LogP contribution in [0.25, 0.3) is 0 Å². The fourth-order valence-electron chi connectivity index (χ4n) is 2.29. The van der Waals surface area contributed by atoms with Crippen molar-refractivity contribution in [2.45, 2.75) is 38.8 Å². The van der Waals surface area contributed by atoms with Gasteiger partial charge in [-0.25, -0.2) is 0 Å². The van der Waals surface area contributed by atoms with Crippen molar-refractivity contribution >= 4 is 0 Å². The van der Waals surface area contributed by atoms with E-state index in [0.717, 1.165) is 12.8 Å². The second-order valence-electron chi connectivity index (χ2n) is 4.36. The summed E-state index contributed by atoms with van der Waals surface area (Å²) in [6.45, 7) is 3.99. The zero-order valence-electron chi connectivity index (χ0n) is 7.54. The van der Waals surface area contributed by atoms with Crippen LogP contribution in [0.1, 0.15) is 33.1 Å². The van der Waals surface area contributed by atoms with Gasteiger partial charge in [0.1, 0.15) is 0 Å². The first-order valence-corrected chi connectivity index (χ1v) is 4.46. The number of hydrogen-bond donors (Lipinski definition) is 0. The van der Waals surface area contributed by atoms with E-state index >= 15 is 0 Å². The quantitative estimate of drug-likeness (QED) is 0.585. The van der Waals surface area contributed by atoms with Crippen molar-refractivity contribution in [2.24, 2.45) is 21.6 Å². The van der Waals surface area contributed by atoms with Gasteiger partial charge in [-0.1, -0.05) is 0 Å². The lowest BCUT2D eigenvalue weighted by molar-refractivity contribution is 0.248. The van der Waals surface area contributed by atoms with Crippen molar-refractivity contribution < 1.29 is 0 Å². The highest BCUT2D eigenvalue weighted by Gasteiger charge is 2.56. The standard InChI is InChI=1S/C9H13N3/c1-8(2,6-10)7-4-3-5-9(7)11-12-9/h7H,3-5H2,1-2H3. The molecule has 2 aliphatic rings. The van der Waals surface area contributed by atoms with E-state index in [0.29, 0.717) is 5.92 Å². The van der Waals surface area contributed by atoms with Crippen molar-refractivity contribution in [1.82, 2.24) is 0 Å². The minimum atomic E-state index is -0.264. The highest BCUT2D eigenvalue weighted by molar-refractivity contribution is 5.13. The highest BCUT2D eigenvalue weighted by Crippen LogP contribution is 2.55. The third-order valence-electron chi connectivity index (χ3n) is 3.11. The maximum atomic E-state index is 8.98. The van der Waals surface area contributed by atoms with Crippen molar-refractivity contribution in [1.29, 1.82) is 5.26 Å². The summed E-state index contributed by atoms with van der Waals surface area (Å²) in [6.07, 6.45) is 3.33. The predicted octanol–water partition coefficient (Wildman–Crippen LogP) is 2.50. The van der Waals surface area contributed by atoms with Crippen molar-refractivity contribution in [3.8, 4) is 6.07 Å². The van der Waals surface area contributed by atoms with E-state index in [1.165, 1.54) is 6.42 Å². The third-order valence-corrected chi connectivity index (χ3v) is 3.11. The number of nitrogens with zero attached hydrogens (tertiary/aromatic N) is 3. The molecule has 0 aromatic rings. The SMILES string of the molecule is CC(C)(C#N)C1CCCC12N=N2. The molecule has 1 aliphatic carbocycles. The second-order valence-corrected chi connectivity index (χ2v) is 4.36. The molecular weight excluding hydrogens is 150 g/mol. The molecule has 1 aliphatic heterocycles. The van der Waals surface area contributed by atoms with Crippen LogP contribution in [0.3, 0.4) is 0 Å². The van der Waals surface area contributed by atoms with Gasteiger partial charge in [-0.15, -0.1) is 0 Å². The van der Waals surface area contributed by atoms with Crippen molar-refractivity contribution in [3.63, 3.8) is 0 Å². The topological polar surface area (TPSA) is 48.5 Å². The fourth-order valence-corrected chi connectivity index (χ4v) is 2.29. The van der Waals surface area contributed by atoms with Crippen LogP contribution >= 0.6 is 0 Å². The molecule has 1 spiro atoms. The van der Waals surface area contributed by atoms with Crippen LogP contribution in [0.2, 0.25) is 0 Å². The average molecular weight is 163 g/mol. The molecule has 0 aromatic carbocycles. The third kappa shape index (κ3) is 0.874. The highest BCUT2D eigenvalue weighted by atomic mass is 15.4. The number of rotatable bonds is 1. The monoisotopic (exact) mass is 163 g/mol. The molecule has 1 atom stereocenters. The van der Waals surface area contributed by atoms with Crippen LogP contribution < -0.4 is 0 Å². The van der Waals surface area contributed by atoms with Gasteiger partial charge < -0.3 is 0 Å². The summed E-state index contributed by atoms with van der Waals surface area (Å²) < 4.78 is 0. The van der Waals surface area contributed by atoms with Gasteiger partial charge in [-0.3, -0.25) is 0 Å². The molecule has 1 saturated carbocycles. The maximum absolute atomic E-state index is 8.98. The van der Waals surface area contributed by atoms with E-state index in [-0.39, 0.29) is 11.1 Å². The van der Waals surface area contributed by atoms with Gasteiger partial charge in [0.15, 0.2) is 5.66 Å². The second kappa shape index (κ2) is 2.07. The predicted molar refractivity (Wildman–Crippen MR) is 44.3 cm³/mol. The first-order chi connectivity index (χ1) is 5.61. The Labute approximate surface area is 72.5 Å². The van der Waals surface area contributed by atoms with Crippen LogP contribution in [-0.2, 0) is 0 Å². The molecular formula is C9H13N3. The lowest BCUT2D eigenvalue weighted by Crippen LogP contribution is -2.31. The number of nitriles is 1. The molecule has 0 N–H and O–H groups in total. The first-order valence-electron chi connectivity index (χ1n) is 4.46. The van der Waals surface area contributed by atoms with Gasteiger partial charge in [-0.2, -0.15) is 15.5 Å². The molecule has 0 aromatic heterocycles. The van der Waals surface area contributed by atoms with E-state index in [1.54, 1.807) is 0 Å². The lowest BCUT2D eigenvalue weighted by atomic mass is 9.75. The Kier molecular flexibility index (Phi) is 1.33. The van der Waals surface area contributed by atoms with E-state index in [1.807, 2.05) is 13.8 Å². The Morgan fingerprint density at radius 1 is 1.50 bits per heavy atom. The van der Waals surface area contributed by atoms with Gasteiger partial charge in [0.05, 0.1) is 11.5 Å². The molecule has 64 valence electrons. The summed E-state index contributed by atoms with van der Waals surface area (Å²) in [6, 6.07) is 2.36. The van der Waals surface area contributed by atoms with E-state index < -0.39 is 0 Å². The molecule has 0 saturated heterocycles. The summed E-state index contributed by atoms with van der Waals surface area (Å²) >= 11 is 0. The van der Waals surface area contributed by atoms with Crippen LogP contribution in [0.4, 0.5) is 0 Å². The van der Waals surface area contributed by atoms with Crippen LogP contribution in [-0.4, -0.2) is 5.66 Å². The first kappa shape index (κ1) is 7.72. The van der Waals surface area contributed by atoms with Gasteiger partial charge in [0.25, 0.3) is 0 Å². The molecule has 12 heavy (non-hydrogen) atoms. The minimum Gasteiger partial charge on any atom is -0.198 e. The summed E-state index contributed by atoms with van der Waals surface area (Å²) in [5.74, 6) is 0.356. The Morgan fingerprint density at radius 2 is 2.17 bits per heavy atom. The van der Waals surface area contributed by atoms with Gasteiger partial charge in [0.2, 0.25) is 0 Å². The largest absolute Gasteiger partial charge is 0.198 e. The van der Waals surface area contributed by atoms with Crippen molar-refractivity contribution in [2.75, 3.05) is 0 Å².